The van der Waals surface area contributed by atoms with E-state index in [-0.39, 0.29) is 50.7 Å². The Balaban J connectivity index is 0. The molecular formula is C16H24Cl2HfSi. The van der Waals surface area contributed by atoms with Crippen molar-refractivity contribution in [2.75, 3.05) is 0 Å². The summed E-state index contributed by atoms with van der Waals surface area (Å²) in [4.78, 5) is 0. The van der Waals surface area contributed by atoms with Gasteiger partial charge in [-0.05, 0) is 40.5 Å². The molecule has 0 heterocycles. The van der Waals surface area contributed by atoms with Crippen molar-refractivity contribution in [2.24, 2.45) is 0 Å². The van der Waals surface area contributed by atoms with Crippen molar-refractivity contribution in [1.29, 1.82) is 0 Å². The number of rotatable bonds is 2. The van der Waals surface area contributed by atoms with Gasteiger partial charge in [-0.3, -0.25) is 0 Å². The molecule has 0 N–H and O–H groups in total. The predicted molar refractivity (Wildman–Crippen MR) is 79.6 cm³/mol. The fourth-order valence-corrected chi connectivity index (χ4v) is 7.38. The summed E-state index contributed by atoms with van der Waals surface area (Å²) >= 11 is 0. The molecule has 2 rings (SSSR count). The molecule has 4 heteroatoms. The minimum Gasteiger partial charge on any atom is -1.00 e. The molecule has 110 valence electrons. The molecule has 0 amide bonds. The zero-order valence-corrected chi connectivity index (χ0v) is 19.4. The third-order valence-corrected chi connectivity index (χ3v) is 8.46. The molecule has 0 fully saturated rings. The first-order chi connectivity index (χ1) is 7.82. The van der Waals surface area contributed by atoms with Gasteiger partial charge in [0.2, 0.25) is 0 Å². The predicted octanol–water partition coefficient (Wildman–Crippen LogP) is -0.888. The average molecular weight is 494 g/mol. The van der Waals surface area contributed by atoms with E-state index in [1.54, 1.807) is 32.7 Å². The topological polar surface area (TPSA) is 0 Å². The fraction of sp³-hybridized carbons (Fsp3) is 0.500. The minimum absolute atomic E-state index is 0. The molecule has 0 saturated heterocycles. The molecule has 0 bridgehead atoms. The van der Waals surface area contributed by atoms with Gasteiger partial charge >= 0.3 is 25.8 Å². The second-order valence-electron chi connectivity index (χ2n) is 6.28. The van der Waals surface area contributed by atoms with Crippen LogP contribution in [-0.2, 0) is 25.8 Å². The van der Waals surface area contributed by atoms with Crippen molar-refractivity contribution in [3.05, 3.63) is 44.8 Å². The van der Waals surface area contributed by atoms with Gasteiger partial charge in [0.15, 0.2) is 0 Å². The van der Waals surface area contributed by atoms with Crippen molar-refractivity contribution in [3.63, 3.8) is 0 Å². The second-order valence-corrected chi connectivity index (χ2v) is 10.7. The van der Waals surface area contributed by atoms with Crippen molar-refractivity contribution in [3.8, 4) is 0 Å². The Hall–Kier alpha value is 0.627. The SMILES string of the molecule is CC1=CC(C)=C([Si](C)(C)C2=C(C)C=C(C)C2)C1.[Cl-].[Cl-].[Hf+2]. The Morgan fingerprint density at radius 2 is 1.05 bits per heavy atom. The summed E-state index contributed by atoms with van der Waals surface area (Å²) in [5.74, 6) is 0. The first kappa shape index (κ1) is 22.9. The third kappa shape index (κ3) is 4.31. The molecule has 0 spiro atoms. The van der Waals surface area contributed by atoms with E-state index in [0.29, 0.717) is 0 Å². The smallest absolute Gasteiger partial charge is 1.00 e. The van der Waals surface area contributed by atoms with E-state index < -0.39 is 8.07 Å². The number of allylic oxidation sites excluding steroid dienone is 8. The van der Waals surface area contributed by atoms with Crippen LogP contribution in [-0.4, -0.2) is 8.07 Å². The van der Waals surface area contributed by atoms with Crippen LogP contribution >= 0.6 is 0 Å². The Bertz CT molecular complexity index is 453. The molecule has 2 aliphatic rings. The molecular weight excluding hydrogens is 470 g/mol. The third-order valence-electron chi connectivity index (χ3n) is 4.30. The van der Waals surface area contributed by atoms with Crippen LogP contribution in [0.5, 0.6) is 0 Å². The first-order valence-corrected chi connectivity index (χ1v) is 9.57. The normalized spacial score (nSPS) is 18.1. The largest absolute Gasteiger partial charge is 2.00 e. The van der Waals surface area contributed by atoms with Crippen molar-refractivity contribution in [1.82, 2.24) is 0 Å². The van der Waals surface area contributed by atoms with E-state index >= 15 is 0 Å². The van der Waals surface area contributed by atoms with Gasteiger partial charge < -0.3 is 24.8 Å². The van der Waals surface area contributed by atoms with Crippen LogP contribution in [0.25, 0.3) is 0 Å². The van der Waals surface area contributed by atoms with Gasteiger partial charge in [-0.15, -0.1) is 0 Å². The van der Waals surface area contributed by atoms with Crippen LogP contribution in [0.1, 0.15) is 40.5 Å². The van der Waals surface area contributed by atoms with E-state index in [1.165, 1.54) is 12.8 Å². The molecule has 0 aromatic heterocycles. The van der Waals surface area contributed by atoms with Crippen LogP contribution in [0.4, 0.5) is 0 Å². The zero-order chi connectivity index (χ0) is 12.8. The Labute approximate surface area is 156 Å². The summed E-state index contributed by atoms with van der Waals surface area (Å²) in [5.41, 5.74) is 6.17. The van der Waals surface area contributed by atoms with Gasteiger partial charge in [-0.25, -0.2) is 0 Å². The molecule has 0 radical (unpaired) electrons. The summed E-state index contributed by atoms with van der Waals surface area (Å²) in [6, 6.07) is 0. The molecule has 0 unspecified atom stereocenters. The first-order valence-electron chi connectivity index (χ1n) is 6.57. The number of hydrogen-bond acceptors (Lipinski definition) is 0. The maximum absolute atomic E-state index is 2.53. The zero-order valence-electron chi connectivity index (χ0n) is 13.3. The van der Waals surface area contributed by atoms with Gasteiger partial charge in [0.25, 0.3) is 0 Å². The van der Waals surface area contributed by atoms with E-state index in [9.17, 15) is 0 Å². The maximum atomic E-state index is 2.53. The molecule has 20 heavy (non-hydrogen) atoms. The van der Waals surface area contributed by atoms with Crippen molar-refractivity contribution < 1.29 is 50.7 Å². The van der Waals surface area contributed by atoms with Crippen LogP contribution in [0.2, 0.25) is 13.1 Å². The molecule has 0 atom stereocenters. The standard InChI is InChI=1S/C16H24Si.2ClH.Hf/c1-11-7-13(3)15(9-11)17(5,6)16-10-12(2)8-14(16)4;;;/h7-8H,9-10H2,1-6H3;2*1H;/q;;;+2/p-2. The summed E-state index contributed by atoms with van der Waals surface area (Å²) in [5, 5.41) is 3.51. The molecule has 2 aliphatic carbocycles. The molecule has 0 aliphatic heterocycles. The van der Waals surface area contributed by atoms with Crippen LogP contribution in [0, 0.1) is 0 Å². The average Bonchev–Trinajstić information content (AvgIpc) is 2.70. The van der Waals surface area contributed by atoms with Crippen LogP contribution < -0.4 is 24.8 Å². The molecule has 0 aromatic carbocycles. The fourth-order valence-electron chi connectivity index (χ4n) is 3.46. The molecule has 0 saturated carbocycles. The summed E-state index contributed by atoms with van der Waals surface area (Å²) < 4.78 is 0. The van der Waals surface area contributed by atoms with Gasteiger partial charge in [0, 0.05) is 0 Å². The maximum Gasteiger partial charge on any atom is 2.00 e. The van der Waals surface area contributed by atoms with Crippen LogP contribution in [0.3, 0.4) is 0 Å². The van der Waals surface area contributed by atoms with Crippen molar-refractivity contribution in [2.45, 2.75) is 53.6 Å². The van der Waals surface area contributed by atoms with Gasteiger partial charge in [-0.2, -0.15) is 0 Å². The summed E-state index contributed by atoms with van der Waals surface area (Å²) in [7, 11) is -1.39. The van der Waals surface area contributed by atoms with Crippen LogP contribution in [0.15, 0.2) is 44.8 Å². The minimum atomic E-state index is -1.39. The van der Waals surface area contributed by atoms with Gasteiger partial charge in [0.05, 0.1) is 0 Å². The number of halogens is 2. The Morgan fingerprint density at radius 3 is 1.25 bits per heavy atom. The second kappa shape index (κ2) is 8.31. The van der Waals surface area contributed by atoms with E-state index in [2.05, 4.69) is 52.9 Å². The molecule has 0 nitrogen and oxygen atoms in total. The summed E-state index contributed by atoms with van der Waals surface area (Å²) in [6.45, 7) is 14.2. The Morgan fingerprint density at radius 1 is 0.750 bits per heavy atom. The van der Waals surface area contributed by atoms with Crippen molar-refractivity contribution >= 4 is 8.07 Å². The van der Waals surface area contributed by atoms with Gasteiger partial charge in [-0.1, -0.05) is 57.9 Å². The summed E-state index contributed by atoms with van der Waals surface area (Å²) in [6.07, 6.45) is 7.21. The number of hydrogen-bond donors (Lipinski definition) is 0. The van der Waals surface area contributed by atoms with E-state index in [4.69, 9.17) is 0 Å². The van der Waals surface area contributed by atoms with Gasteiger partial charge in [0.1, 0.15) is 8.07 Å². The van der Waals surface area contributed by atoms with E-state index in [0.717, 1.165) is 0 Å². The molecule has 0 aromatic rings. The monoisotopic (exact) mass is 494 g/mol. The Kier molecular flexibility index (Phi) is 9.52. The van der Waals surface area contributed by atoms with E-state index in [1.807, 2.05) is 0 Å². The quantitative estimate of drug-likeness (QED) is 0.438.